The summed E-state index contributed by atoms with van der Waals surface area (Å²) in [5, 5.41) is 0.409. The number of carbonyl (C=O) groups excluding carboxylic acids is 1. The molecule has 0 aliphatic heterocycles. The maximum Gasteiger partial charge on any atom is 0.336 e. The Morgan fingerprint density at radius 1 is 0.941 bits per heavy atom. The van der Waals surface area contributed by atoms with Gasteiger partial charge in [-0.2, -0.15) is 0 Å². The predicted molar refractivity (Wildman–Crippen MR) is 130 cm³/mol. The average Bonchev–Trinajstić information content (AvgIpc) is 3.28. The van der Waals surface area contributed by atoms with Crippen LogP contribution in [-0.2, 0) is 4.79 Å². The van der Waals surface area contributed by atoms with Crippen molar-refractivity contribution in [1.82, 2.24) is 0 Å². The largest absolute Gasteiger partial charge is 0.493 e. The van der Waals surface area contributed by atoms with E-state index in [0.717, 1.165) is 5.39 Å². The van der Waals surface area contributed by atoms with Gasteiger partial charge in [0.2, 0.25) is 0 Å². The normalized spacial score (nSPS) is 12.1. The summed E-state index contributed by atoms with van der Waals surface area (Å²) in [6.07, 6.45) is 0. The molecule has 2 aromatic heterocycles. The quantitative estimate of drug-likeness (QED) is 0.127. The highest BCUT2D eigenvalue weighted by molar-refractivity contribution is 6.30. The van der Waals surface area contributed by atoms with E-state index in [9.17, 15) is 9.59 Å². The highest BCUT2D eigenvalue weighted by Gasteiger charge is 2.22. The first-order valence-electron chi connectivity index (χ1n) is 10.5. The van der Waals surface area contributed by atoms with E-state index in [-0.39, 0.29) is 0 Å². The van der Waals surface area contributed by atoms with Crippen molar-refractivity contribution in [2.45, 2.75) is 12.3 Å². The Morgan fingerprint density at radius 2 is 1.74 bits per heavy atom. The number of aryl methyl sites for hydroxylation is 1. The van der Waals surface area contributed by atoms with Crippen molar-refractivity contribution < 1.29 is 23.1 Å². The number of carbonyl (C=O) groups is 1. The molecular formula is C27H19ClO6. The van der Waals surface area contributed by atoms with Crippen LogP contribution < -0.4 is 15.1 Å². The smallest absolute Gasteiger partial charge is 0.336 e. The van der Waals surface area contributed by atoms with Crippen LogP contribution in [0.25, 0.3) is 33.3 Å². The summed E-state index contributed by atoms with van der Waals surface area (Å²) >= 11 is 6.34. The molecule has 0 N–H and O–H groups in total. The fraction of sp³-hybridized carbons (Fsp3) is 0.111. The third-order valence-corrected chi connectivity index (χ3v) is 5.97. The van der Waals surface area contributed by atoms with Gasteiger partial charge in [-0.05, 0) is 42.3 Å². The molecule has 0 fully saturated rings. The number of hydrogen-bond donors (Lipinski definition) is 0. The first-order valence-corrected chi connectivity index (χ1v) is 10.9. The van der Waals surface area contributed by atoms with E-state index in [1.807, 2.05) is 24.3 Å². The second-order valence-corrected chi connectivity index (χ2v) is 8.21. The minimum atomic E-state index is -0.965. The fourth-order valence-electron chi connectivity index (χ4n) is 3.85. The number of benzene rings is 3. The number of fused-ring (bicyclic) bond motifs is 2. The molecule has 5 rings (SSSR count). The number of furan rings is 1. The Hall–Kier alpha value is -4.03. The zero-order valence-corrected chi connectivity index (χ0v) is 19.1. The van der Waals surface area contributed by atoms with Gasteiger partial charge in [-0.1, -0.05) is 42.5 Å². The number of rotatable bonds is 5. The first-order chi connectivity index (χ1) is 16.4. The molecule has 2 heterocycles. The van der Waals surface area contributed by atoms with Gasteiger partial charge < -0.3 is 18.3 Å². The zero-order chi connectivity index (χ0) is 23.8. The summed E-state index contributed by atoms with van der Waals surface area (Å²) in [7, 11) is 1.56. The van der Waals surface area contributed by atoms with Crippen LogP contribution >= 0.6 is 11.6 Å². The van der Waals surface area contributed by atoms with Gasteiger partial charge in [-0.3, -0.25) is 0 Å². The Labute approximate surface area is 199 Å². The van der Waals surface area contributed by atoms with Crippen molar-refractivity contribution in [3.05, 3.63) is 94.3 Å². The molecule has 1 unspecified atom stereocenters. The van der Waals surface area contributed by atoms with Crippen LogP contribution in [0.2, 0.25) is 0 Å². The van der Waals surface area contributed by atoms with Crippen LogP contribution in [0.5, 0.6) is 11.5 Å². The number of para-hydroxylation sites is 1. The maximum absolute atomic E-state index is 12.7. The topological polar surface area (TPSA) is 78.9 Å². The number of methoxy groups -OCH3 is 1. The first kappa shape index (κ1) is 21.8. The van der Waals surface area contributed by atoms with Crippen molar-refractivity contribution >= 4 is 39.5 Å². The molecule has 0 bridgehead atoms. The average molecular weight is 475 g/mol. The standard InChI is InChI=1S/C27H19ClO6/c1-15-11-22-18(13-21(15)34-27(30)25(28)16-7-4-3-5-8-16)19(14-24(29)32-22)23-12-17-9-6-10-20(31-2)26(17)33-23/h3-14,25H,1-2H3. The second kappa shape index (κ2) is 8.72. The SMILES string of the molecule is COc1cccc2cc(-c3cc(=O)oc4cc(C)c(OC(=O)C(Cl)c5ccccc5)cc34)oc12. The summed E-state index contributed by atoms with van der Waals surface area (Å²) in [6.45, 7) is 1.76. The third kappa shape index (κ3) is 3.93. The van der Waals surface area contributed by atoms with Crippen LogP contribution in [0.15, 0.2) is 86.4 Å². The van der Waals surface area contributed by atoms with Crippen molar-refractivity contribution in [1.29, 1.82) is 0 Å². The molecule has 6 nitrogen and oxygen atoms in total. The summed E-state index contributed by atoms with van der Waals surface area (Å²) < 4.78 is 22.5. The van der Waals surface area contributed by atoms with E-state index in [2.05, 4.69) is 0 Å². The fourth-order valence-corrected chi connectivity index (χ4v) is 4.04. The molecule has 1 atom stereocenters. The molecule has 34 heavy (non-hydrogen) atoms. The van der Waals surface area contributed by atoms with Crippen LogP contribution in [0.4, 0.5) is 0 Å². The Balaban J connectivity index is 1.60. The maximum atomic E-state index is 12.7. The molecule has 3 aromatic carbocycles. The van der Waals surface area contributed by atoms with Gasteiger partial charge in [0.25, 0.3) is 0 Å². The lowest BCUT2D eigenvalue weighted by molar-refractivity contribution is -0.134. The van der Waals surface area contributed by atoms with Crippen molar-refractivity contribution in [2.24, 2.45) is 0 Å². The lowest BCUT2D eigenvalue weighted by Gasteiger charge is -2.13. The van der Waals surface area contributed by atoms with E-state index in [1.54, 1.807) is 56.5 Å². The number of ether oxygens (including phenoxy) is 2. The Bertz CT molecular complexity index is 1580. The van der Waals surface area contributed by atoms with Crippen molar-refractivity contribution in [2.75, 3.05) is 7.11 Å². The van der Waals surface area contributed by atoms with Gasteiger partial charge in [0.1, 0.15) is 17.1 Å². The monoisotopic (exact) mass is 474 g/mol. The number of hydrogen-bond acceptors (Lipinski definition) is 6. The molecular weight excluding hydrogens is 456 g/mol. The summed E-state index contributed by atoms with van der Waals surface area (Å²) in [5.41, 5.74) is 2.14. The molecule has 170 valence electrons. The van der Waals surface area contributed by atoms with Gasteiger partial charge in [0.05, 0.1) is 7.11 Å². The number of halogens is 1. The van der Waals surface area contributed by atoms with Gasteiger partial charge in [0, 0.05) is 22.4 Å². The molecule has 0 saturated carbocycles. The lowest BCUT2D eigenvalue weighted by Crippen LogP contribution is -2.15. The number of alkyl halides is 1. The minimum absolute atomic E-state index is 0.308. The Kier molecular flexibility index (Phi) is 5.59. The van der Waals surface area contributed by atoms with Gasteiger partial charge in [0.15, 0.2) is 16.7 Å². The molecule has 0 aliphatic carbocycles. The molecule has 0 amide bonds. The summed E-state index contributed by atoms with van der Waals surface area (Å²) in [5.74, 6) is 0.735. The van der Waals surface area contributed by atoms with E-state index < -0.39 is 17.0 Å². The van der Waals surface area contributed by atoms with Gasteiger partial charge in [-0.25, -0.2) is 9.59 Å². The summed E-state index contributed by atoms with van der Waals surface area (Å²) in [6, 6.07) is 21.0. The van der Waals surface area contributed by atoms with Crippen molar-refractivity contribution in [3.8, 4) is 22.8 Å². The van der Waals surface area contributed by atoms with E-state index in [4.69, 9.17) is 29.9 Å². The molecule has 5 aromatic rings. The number of esters is 1. The van der Waals surface area contributed by atoms with Crippen LogP contribution in [0.3, 0.4) is 0 Å². The predicted octanol–water partition coefficient (Wildman–Crippen LogP) is 6.41. The molecule has 0 radical (unpaired) electrons. The van der Waals surface area contributed by atoms with Gasteiger partial charge in [-0.15, -0.1) is 11.6 Å². The van der Waals surface area contributed by atoms with E-state index >= 15 is 0 Å². The molecule has 0 spiro atoms. The molecule has 0 saturated heterocycles. The van der Waals surface area contributed by atoms with E-state index in [0.29, 0.717) is 50.5 Å². The van der Waals surface area contributed by atoms with Crippen LogP contribution in [0, 0.1) is 6.92 Å². The lowest BCUT2D eigenvalue weighted by atomic mass is 10.0. The highest BCUT2D eigenvalue weighted by Crippen LogP contribution is 2.38. The van der Waals surface area contributed by atoms with Crippen LogP contribution in [0.1, 0.15) is 16.5 Å². The van der Waals surface area contributed by atoms with Crippen molar-refractivity contribution in [3.63, 3.8) is 0 Å². The zero-order valence-electron chi connectivity index (χ0n) is 18.3. The van der Waals surface area contributed by atoms with Gasteiger partial charge >= 0.3 is 11.6 Å². The second-order valence-electron chi connectivity index (χ2n) is 7.78. The Morgan fingerprint density at radius 3 is 2.50 bits per heavy atom. The molecule has 0 aliphatic rings. The van der Waals surface area contributed by atoms with Crippen LogP contribution in [-0.4, -0.2) is 13.1 Å². The minimum Gasteiger partial charge on any atom is -0.493 e. The van der Waals surface area contributed by atoms with E-state index in [1.165, 1.54) is 6.07 Å². The third-order valence-electron chi connectivity index (χ3n) is 5.54. The summed E-state index contributed by atoms with van der Waals surface area (Å²) in [4.78, 5) is 25.0. The molecule has 7 heteroatoms. The highest BCUT2D eigenvalue weighted by atomic mass is 35.5.